The molecular weight excluding hydrogens is 378 g/mol. The van der Waals surface area contributed by atoms with E-state index in [0.29, 0.717) is 23.1 Å². The predicted octanol–water partition coefficient (Wildman–Crippen LogP) is 3.93. The number of rotatable bonds is 7. The lowest BCUT2D eigenvalue weighted by Crippen LogP contribution is -2.23. The number of hydrogen-bond acceptors (Lipinski definition) is 7. The van der Waals surface area contributed by atoms with Crippen LogP contribution in [0.3, 0.4) is 0 Å². The molecule has 0 radical (unpaired) electrons. The van der Waals surface area contributed by atoms with Crippen LogP contribution in [-0.4, -0.2) is 22.9 Å². The molecule has 1 N–H and O–H groups in total. The number of carbonyl (C=O) groups excluding carboxylic acids is 1. The number of carbonyl (C=O) groups is 1. The molecule has 0 saturated carbocycles. The number of nitro groups is 1. The van der Waals surface area contributed by atoms with Crippen LogP contribution in [0.2, 0.25) is 0 Å². The van der Waals surface area contributed by atoms with Gasteiger partial charge in [-0.1, -0.05) is 0 Å². The van der Waals surface area contributed by atoms with Crippen molar-refractivity contribution in [2.45, 2.75) is 20.4 Å². The van der Waals surface area contributed by atoms with Crippen molar-refractivity contribution < 1.29 is 23.6 Å². The lowest BCUT2D eigenvalue weighted by Gasteiger charge is -2.11. The van der Waals surface area contributed by atoms with E-state index >= 15 is 0 Å². The molecule has 1 amide bonds. The molecule has 1 aromatic heterocycles. The molecule has 0 aliphatic heterocycles. The quantitative estimate of drug-likeness (QED) is 0.474. The second-order valence-corrected chi connectivity index (χ2v) is 6.15. The molecule has 0 saturated heterocycles. The average molecular weight is 397 g/mol. The third-order valence-corrected chi connectivity index (χ3v) is 4.18. The van der Waals surface area contributed by atoms with Gasteiger partial charge in [0.1, 0.15) is 23.0 Å². The fourth-order valence-corrected chi connectivity index (χ4v) is 2.53. The van der Waals surface area contributed by atoms with Gasteiger partial charge in [0, 0.05) is 12.1 Å². The molecule has 9 nitrogen and oxygen atoms in total. The number of nitro benzene ring substituents is 1. The van der Waals surface area contributed by atoms with Crippen molar-refractivity contribution in [1.29, 1.82) is 0 Å². The first kappa shape index (κ1) is 19.9. The maximum Gasteiger partial charge on any atom is 0.270 e. The first-order valence-corrected chi connectivity index (χ1v) is 8.69. The van der Waals surface area contributed by atoms with Crippen LogP contribution in [0.15, 0.2) is 46.9 Å². The molecule has 0 aliphatic carbocycles. The van der Waals surface area contributed by atoms with Crippen LogP contribution in [0, 0.1) is 24.0 Å². The number of nitrogens with one attached hydrogen (secondary N) is 1. The monoisotopic (exact) mass is 397 g/mol. The lowest BCUT2D eigenvalue weighted by molar-refractivity contribution is -0.384. The molecule has 2 aromatic carbocycles. The van der Waals surface area contributed by atoms with Gasteiger partial charge in [-0.2, -0.15) is 0 Å². The Morgan fingerprint density at radius 3 is 2.45 bits per heavy atom. The summed E-state index contributed by atoms with van der Waals surface area (Å²) < 4.78 is 16.3. The van der Waals surface area contributed by atoms with Crippen LogP contribution in [-0.2, 0) is 6.54 Å². The zero-order chi connectivity index (χ0) is 21.0. The molecule has 0 bridgehead atoms. The molecule has 29 heavy (non-hydrogen) atoms. The number of nitrogens with zero attached hydrogens (tertiary/aromatic N) is 2. The number of methoxy groups -OCH3 is 1. The molecule has 3 rings (SSSR count). The van der Waals surface area contributed by atoms with Gasteiger partial charge in [0.2, 0.25) is 5.89 Å². The van der Waals surface area contributed by atoms with Gasteiger partial charge in [-0.05, 0) is 44.2 Å². The van der Waals surface area contributed by atoms with Crippen LogP contribution >= 0.6 is 0 Å². The summed E-state index contributed by atoms with van der Waals surface area (Å²) in [6.07, 6.45) is 0. The highest BCUT2D eigenvalue weighted by atomic mass is 16.6. The van der Waals surface area contributed by atoms with E-state index in [-0.39, 0.29) is 23.5 Å². The van der Waals surface area contributed by atoms with Gasteiger partial charge in [0.05, 0.1) is 29.8 Å². The highest BCUT2D eigenvalue weighted by Gasteiger charge is 2.19. The number of aryl methyl sites for hydroxylation is 2. The van der Waals surface area contributed by atoms with Crippen molar-refractivity contribution in [2.24, 2.45) is 0 Å². The lowest BCUT2D eigenvalue weighted by atomic mass is 10.1. The Morgan fingerprint density at radius 2 is 1.86 bits per heavy atom. The van der Waals surface area contributed by atoms with Crippen LogP contribution in [0.4, 0.5) is 5.69 Å². The van der Waals surface area contributed by atoms with E-state index in [0.717, 1.165) is 5.69 Å². The number of ether oxygens (including phenoxy) is 2. The van der Waals surface area contributed by atoms with Crippen LogP contribution in [0.1, 0.15) is 27.7 Å². The van der Waals surface area contributed by atoms with Crippen LogP contribution in [0.5, 0.6) is 17.2 Å². The normalized spacial score (nSPS) is 10.4. The van der Waals surface area contributed by atoms with Gasteiger partial charge in [-0.25, -0.2) is 4.98 Å². The second-order valence-electron chi connectivity index (χ2n) is 6.15. The Labute approximate surface area is 166 Å². The number of hydrogen-bond donors (Lipinski definition) is 1. The van der Waals surface area contributed by atoms with Crippen LogP contribution < -0.4 is 14.8 Å². The first-order chi connectivity index (χ1) is 13.9. The fraction of sp³-hybridized carbons (Fsp3) is 0.200. The number of oxazole rings is 1. The Bertz CT molecular complexity index is 1020. The Morgan fingerprint density at radius 1 is 1.17 bits per heavy atom. The zero-order valence-corrected chi connectivity index (χ0v) is 16.1. The smallest absolute Gasteiger partial charge is 0.270 e. The molecular formula is C20H19N3O6. The molecule has 0 spiro atoms. The van der Waals surface area contributed by atoms with E-state index in [9.17, 15) is 14.9 Å². The third kappa shape index (κ3) is 4.70. The maximum absolute atomic E-state index is 12.7. The number of benzene rings is 2. The number of non-ortho nitro benzene ring substituents is 1. The zero-order valence-electron chi connectivity index (χ0n) is 16.1. The van der Waals surface area contributed by atoms with E-state index in [1.807, 2.05) is 0 Å². The Balaban J connectivity index is 1.84. The molecule has 1 heterocycles. The van der Waals surface area contributed by atoms with E-state index < -0.39 is 10.8 Å². The first-order valence-electron chi connectivity index (χ1n) is 8.69. The van der Waals surface area contributed by atoms with E-state index in [4.69, 9.17) is 13.9 Å². The number of aromatic nitrogens is 1. The minimum absolute atomic E-state index is 0.0232. The largest absolute Gasteiger partial charge is 0.497 e. The molecule has 0 aliphatic rings. The van der Waals surface area contributed by atoms with Gasteiger partial charge in [0.25, 0.3) is 11.6 Å². The summed E-state index contributed by atoms with van der Waals surface area (Å²) >= 11 is 0. The van der Waals surface area contributed by atoms with Crippen molar-refractivity contribution in [2.75, 3.05) is 7.11 Å². The van der Waals surface area contributed by atoms with Gasteiger partial charge in [-0.15, -0.1) is 0 Å². The molecule has 0 atom stereocenters. The van der Waals surface area contributed by atoms with Crippen molar-refractivity contribution in [3.05, 3.63) is 75.5 Å². The highest BCUT2D eigenvalue weighted by Crippen LogP contribution is 2.30. The fourth-order valence-electron chi connectivity index (χ4n) is 2.53. The molecule has 0 fully saturated rings. The summed E-state index contributed by atoms with van der Waals surface area (Å²) in [5.74, 6) is 1.73. The van der Waals surface area contributed by atoms with E-state index in [1.54, 1.807) is 45.2 Å². The molecule has 9 heteroatoms. The van der Waals surface area contributed by atoms with Crippen molar-refractivity contribution in [3.63, 3.8) is 0 Å². The molecule has 150 valence electrons. The topological polar surface area (TPSA) is 117 Å². The van der Waals surface area contributed by atoms with Gasteiger partial charge in [0.15, 0.2) is 0 Å². The number of amides is 1. The summed E-state index contributed by atoms with van der Waals surface area (Å²) in [4.78, 5) is 27.4. The Kier molecular flexibility index (Phi) is 5.77. The molecule has 0 unspecified atom stereocenters. The maximum atomic E-state index is 12.7. The van der Waals surface area contributed by atoms with E-state index in [2.05, 4.69) is 10.3 Å². The third-order valence-electron chi connectivity index (χ3n) is 4.18. The standard InChI is InChI=1S/C20H19N3O6/c1-12-13(2)28-19(22-12)11-21-20(24)17-10-14(23(25)26)4-9-18(17)29-16-7-5-15(27-3)6-8-16/h4-10H,11H2,1-3H3,(H,21,24). The second kappa shape index (κ2) is 8.42. The average Bonchev–Trinajstić information content (AvgIpc) is 3.04. The summed E-state index contributed by atoms with van der Waals surface area (Å²) in [6, 6.07) is 10.6. The summed E-state index contributed by atoms with van der Waals surface area (Å²) in [5.41, 5.74) is 0.531. The minimum atomic E-state index is -0.575. The summed E-state index contributed by atoms with van der Waals surface area (Å²) in [6.45, 7) is 3.61. The van der Waals surface area contributed by atoms with Crippen molar-refractivity contribution in [1.82, 2.24) is 10.3 Å². The van der Waals surface area contributed by atoms with Crippen molar-refractivity contribution in [3.8, 4) is 17.2 Å². The predicted molar refractivity (Wildman–Crippen MR) is 103 cm³/mol. The van der Waals surface area contributed by atoms with Gasteiger partial charge < -0.3 is 19.2 Å². The van der Waals surface area contributed by atoms with Crippen LogP contribution in [0.25, 0.3) is 0 Å². The van der Waals surface area contributed by atoms with Crippen molar-refractivity contribution >= 4 is 11.6 Å². The summed E-state index contributed by atoms with van der Waals surface area (Å²) in [7, 11) is 1.55. The Hall–Kier alpha value is -3.88. The highest BCUT2D eigenvalue weighted by molar-refractivity contribution is 5.97. The molecule has 3 aromatic rings. The summed E-state index contributed by atoms with van der Waals surface area (Å²) in [5, 5.41) is 13.8. The minimum Gasteiger partial charge on any atom is -0.497 e. The van der Waals surface area contributed by atoms with Gasteiger partial charge >= 0.3 is 0 Å². The SMILES string of the molecule is COc1ccc(Oc2ccc([N+](=O)[O-])cc2C(=O)NCc2nc(C)c(C)o2)cc1. The van der Waals surface area contributed by atoms with Gasteiger partial charge in [-0.3, -0.25) is 14.9 Å². The van der Waals surface area contributed by atoms with E-state index in [1.165, 1.54) is 18.2 Å².